The van der Waals surface area contributed by atoms with Crippen molar-refractivity contribution in [3.8, 4) is 0 Å². The molecule has 0 fully saturated rings. The molecule has 0 saturated carbocycles. The molecule has 1 N–H and O–H groups in total. The van der Waals surface area contributed by atoms with Gasteiger partial charge in [-0.3, -0.25) is 4.55 Å². The van der Waals surface area contributed by atoms with Crippen LogP contribution in [0.1, 0.15) is 19.2 Å². The summed E-state index contributed by atoms with van der Waals surface area (Å²) in [4.78, 5) is 7.24. The van der Waals surface area contributed by atoms with Gasteiger partial charge in [0.05, 0.1) is 17.6 Å². The average molecular weight is 234 g/mol. The Kier molecular flexibility index (Phi) is 3.70. The van der Waals surface area contributed by atoms with Gasteiger partial charge in [-0.25, -0.2) is 14.4 Å². The monoisotopic (exact) mass is 234 g/mol. The smallest absolute Gasteiger partial charge is 0.268 e. The van der Waals surface area contributed by atoms with Gasteiger partial charge in [0.15, 0.2) is 5.82 Å². The van der Waals surface area contributed by atoms with E-state index in [9.17, 15) is 12.8 Å². The first kappa shape index (κ1) is 12.0. The molecule has 0 spiro atoms. The van der Waals surface area contributed by atoms with Crippen molar-refractivity contribution in [2.24, 2.45) is 0 Å². The Morgan fingerprint density at radius 1 is 1.47 bits per heavy atom. The zero-order valence-electron chi connectivity index (χ0n) is 8.09. The Hall–Kier alpha value is -1.08. The lowest BCUT2D eigenvalue weighted by molar-refractivity contribution is 0.461. The average Bonchev–Trinajstić information content (AvgIpc) is 2.15. The van der Waals surface area contributed by atoms with E-state index in [-0.39, 0.29) is 18.7 Å². The first-order valence-electron chi connectivity index (χ1n) is 4.36. The van der Waals surface area contributed by atoms with Crippen LogP contribution in [-0.2, 0) is 16.5 Å². The molecule has 0 aliphatic carbocycles. The van der Waals surface area contributed by atoms with E-state index in [1.807, 2.05) is 0 Å². The largest absolute Gasteiger partial charge is 0.285 e. The van der Waals surface area contributed by atoms with Gasteiger partial charge in [-0.15, -0.1) is 0 Å². The molecule has 7 heteroatoms. The quantitative estimate of drug-likeness (QED) is 0.780. The second kappa shape index (κ2) is 4.63. The van der Waals surface area contributed by atoms with Crippen molar-refractivity contribution in [1.82, 2.24) is 9.97 Å². The van der Waals surface area contributed by atoms with E-state index in [2.05, 4.69) is 9.97 Å². The third kappa shape index (κ3) is 3.52. The summed E-state index contributed by atoms with van der Waals surface area (Å²) < 4.78 is 43.0. The number of hydrogen-bond acceptors (Lipinski definition) is 4. The molecule has 1 atom stereocenters. The van der Waals surface area contributed by atoms with Gasteiger partial charge in [0.1, 0.15) is 5.82 Å². The highest BCUT2D eigenvalue weighted by Gasteiger charge is 2.22. The second-order valence-electron chi connectivity index (χ2n) is 3.07. The first-order chi connectivity index (χ1) is 6.93. The number of halogens is 1. The van der Waals surface area contributed by atoms with Gasteiger partial charge in [0, 0.05) is 6.42 Å². The van der Waals surface area contributed by atoms with Gasteiger partial charge in [-0.2, -0.15) is 8.42 Å². The molecule has 0 saturated heterocycles. The Balaban J connectivity index is 2.80. The summed E-state index contributed by atoms with van der Waals surface area (Å²) in [5, 5.41) is -0.942. The van der Waals surface area contributed by atoms with Crippen LogP contribution in [0.4, 0.5) is 4.39 Å². The number of aromatic nitrogens is 2. The summed E-state index contributed by atoms with van der Waals surface area (Å²) in [7, 11) is -4.10. The normalized spacial score (nSPS) is 13.8. The molecule has 0 aliphatic rings. The molecule has 0 radical (unpaired) electrons. The third-order valence-corrected chi connectivity index (χ3v) is 3.30. The van der Waals surface area contributed by atoms with Crippen molar-refractivity contribution in [1.29, 1.82) is 0 Å². The van der Waals surface area contributed by atoms with E-state index < -0.39 is 21.2 Å². The summed E-state index contributed by atoms with van der Waals surface area (Å²) in [5.41, 5.74) is 0. The topological polar surface area (TPSA) is 80.2 Å². The van der Waals surface area contributed by atoms with Gasteiger partial charge in [0.25, 0.3) is 10.1 Å². The minimum absolute atomic E-state index is 0.0182. The molecule has 5 nitrogen and oxygen atoms in total. The highest BCUT2D eigenvalue weighted by molar-refractivity contribution is 7.86. The van der Waals surface area contributed by atoms with Crippen LogP contribution in [0.3, 0.4) is 0 Å². The predicted octanol–water partition coefficient (Wildman–Crippen LogP) is 0.825. The molecule has 1 heterocycles. The molecular formula is C8H11FN2O3S. The van der Waals surface area contributed by atoms with Crippen LogP contribution in [0.15, 0.2) is 12.4 Å². The molecule has 0 amide bonds. The van der Waals surface area contributed by atoms with Gasteiger partial charge in [-0.1, -0.05) is 6.92 Å². The zero-order valence-corrected chi connectivity index (χ0v) is 8.91. The van der Waals surface area contributed by atoms with Gasteiger partial charge >= 0.3 is 0 Å². The highest BCUT2D eigenvalue weighted by atomic mass is 32.2. The number of hydrogen-bond donors (Lipinski definition) is 1. The SMILES string of the molecule is CCC(Cc1ncc(F)cn1)S(=O)(=O)O. The predicted molar refractivity (Wildman–Crippen MR) is 51.3 cm³/mol. The lowest BCUT2D eigenvalue weighted by atomic mass is 10.2. The molecule has 1 aromatic rings. The van der Waals surface area contributed by atoms with Crippen LogP contribution in [-0.4, -0.2) is 28.2 Å². The summed E-state index contributed by atoms with van der Waals surface area (Å²) >= 11 is 0. The van der Waals surface area contributed by atoms with Crippen LogP contribution in [0, 0.1) is 5.82 Å². The fraction of sp³-hybridized carbons (Fsp3) is 0.500. The zero-order chi connectivity index (χ0) is 11.5. The van der Waals surface area contributed by atoms with Crippen molar-refractivity contribution in [3.63, 3.8) is 0 Å². The fourth-order valence-corrected chi connectivity index (χ4v) is 1.89. The molecule has 0 bridgehead atoms. The van der Waals surface area contributed by atoms with E-state index in [4.69, 9.17) is 4.55 Å². The molecule has 0 aromatic carbocycles. The minimum Gasteiger partial charge on any atom is -0.285 e. The summed E-state index contributed by atoms with van der Waals surface area (Å²) in [6, 6.07) is 0. The third-order valence-electron chi connectivity index (χ3n) is 1.96. The molecule has 1 rings (SSSR count). The molecule has 1 unspecified atom stereocenters. The summed E-state index contributed by atoms with van der Waals surface area (Å²) in [6.07, 6.45) is 2.15. The molecular weight excluding hydrogens is 223 g/mol. The molecule has 84 valence electrons. The van der Waals surface area contributed by atoms with Crippen molar-refractivity contribution >= 4 is 10.1 Å². The van der Waals surface area contributed by atoms with Crippen LogP contribution in [0.25, 0.3) is 0 Å². The lowest BCUT2D eigenvalue weighted by Gasteiger charge is -2.09. The van der Waals surface area contributed by atoms with Crippen molar-refractivity contribution < 1.29 is 17.4 Å². The first-order valence-corrected chi connectivity index (χ1v) is 5.86. The van der Waals surface area contributed by atoms with Crippen molar-refractivity contribution in [2.75, 3.05) is 0 Å². The summed E-state index contributed by atoms with van der Waals surface area (Å²) in [6.45, 7) is 1.63. The fourth-order valence-electron chi connectivity index (χ4n) is 1.11. The standard InChI is InChI=1S/C8H11FN2O3S/c1-2-7(15(12,13)14)3-8-10-4-6(9)5-11-8/h4-5,7H,2-3H2,1H3,(H,12,13,14). The van der Waals surface area contributed by atoms with E-state index in [0.29, 0.717) is 0 Å². The maximum atomic E-state index is 12.4. The van der Waals surface area contributed by atoms with Crippen LogP contribution < -0.4 is 0 Å². The summed E-state index contributed by atoms with van der Waals surface area (Å²) in [5.74, 6) is -0.389. The van der Waals surface area contributed by atoms with Gasteiger partial charge in [0.2, 0.25) is 0 Å². The lowest BCUT2D eigenvalue weighted by Crippen LogP contribution is -2.23. The number of nitrogens with zero attached hydrogens (tertiary/aromatic N) is 2. The molecule has 0 aliphatic heterocycles. The molecule has 15 heavy (non-hydrogen) atoms. The van der Waals surface area contributed by atoms with E-state index in [0.717, 1.165) is 12.4 Å². The van der Waals surface area contributed by atoms with E-state index in [1.54, 1.807) is 6.92 Å². The molecule has 1 aromatic heterocycles. The highest BCUT2D eigenvalue weighted by Crippen LogP contribution is 2.09. The van der Waals surface area contributed by atoms with Crippen LogP contribution in [0.2, 0.25) is 0 Å². The maximum Gasteiger partial charge on any atom is 0.268 e. The Morgan fingerprint density at radius 2 is 2.00 bits per heavy atom. The van der Waals surface area contributed by atoms with Gasteiger partial charge in [-0.05, 0) is 6.42 Å². The van der Waals surface area contributed by atoms with E-state index in [1.165, 1.54) is 0 Å². The second-order valence-corrected chi connectivity index (χ2v) is 4.76. The Bertz CT molecular complexity index is 418. The van der Waals surface area contributed by atoms with Crippen LogP contribution >= 0.6 is 0 Å². The van der Waals surface area contributed by atoms with Crippen molar-refractivity contribution in [3.05, 3.63) is 24.0 Å². The van der Waals surface area contributed by atoms with Crippen molar-refractivity contribution in [2.45, 2.75) is 25.0 Å². The van der Waals surface area contributed by atoms with Crippen LogP contribution in [0.5, 0.6) is 0 Å². The number of rotatable bonds is 4. The Labute approximate surface area is 87.1 Å². The minimum atomic E-state index is -4.10. The van der Waals surface area contributed by atoms with Gasteiger partial charge < -0.3 is 0 Å². The maximum absolute atomic E-state index is 12.4. The van der Waals surface area contributed by atoms with E-state index >= 15 is 0 Å². The Morgan fingerprint density at radius 3 is 2.40 bits per heavy atom.